The van der Waals surface area contributed by atoms with E-state index in [0.29, 0.717) is 23.7 Å². The van der Waals surface area contributed by atoms with Gasteiger partial charge >= 0.3 is 0 Å². The summed E-state index contributed by atoms with van der Waals surface area (Å²) in [5, 5.41) is 3.75. The van der Waals surface area contributed by atoms with E-state index in [-0.39, 0.29) is 11.7 Å². The summed E-state index contributed by atoms with van der Waals surface area (Å²) in [6.45, 7) is 1.41. The highest BCUT2D eigenvalue weighted by Crippen LogP contribution is 2.24. The maximum atomic E-state index is 11.6. The third-order valence-corrected chi connectivity index (χ3v) is 2.72. The minimum Gasteiger partial charge on any atom is -0.315 e. The first-order valence-corrected chi connectivity index (χ1v) is 5.00. The van der Waals surface area contributed by atoms with Gasteiger partial charge < -0.3 is 5.32 Å². The number of nitrogens with one attached hydrogen (secondary N) is 1. The topological polar surface area (TPSA) is 42.0 Å². The largest absolute Gasteiger partial charge is 0.315 e. The Morgan fingerprint density at radius 3 is 3.14 bits per heavy atom. The summed E-state index contributed by atoms with van der Waals surface area (Å²) >= 11 is 5.98. The summed E-state index contributed by atoms with van der Waals surface area (Å²) in [5.74, 6) is 0.0572. The van der Waals surface area contributed by atoms with E-state index in [4.69, 9.17) is 11.6 Å². The molecule has 1 N–H and O–H groups in total. The molecular weight excluding hydrogens is 200 g/mol. The first-order chi connectivity index (χ1) is 6.79. The number of hydrogen-bond acceptors (Lipinski definition) is 3. The van der Waals surface area contributed by atoms with Crippen LogP contribution in [-0.4, -0.2) is 23.9 Å². The van der Waals surface area contributed by atoms with Crippen molar-refractivity contribution in [2.24, 2.45) is 0 Å². The maximum Gasteiger partial charge on any atom is 0.144 e. The lowest BCUT2D eigenvalue weighted by Crippen LogP contribution is -2.35. The van der Waals surface area contributed by atoms with Crippen LogP contribution in [0, 0.1) is 0 Å². The number of halogens is 1. The van der Waals surface area contributed by atoms with Crippen molar-refractivity contribution in [1.29, 1.82) is 0 Å². The molecule has 1 aromatic rings. The van der Waals surface area contributed by atoms with E-state index in [0.717, 1.165) is 6.54 Å². The lowest BCUT2D eigenvalue weighted by molar-refractivity contribution is -0.121. The third-order valence-electron chi connectivity index (χ3n) is 2.40. The molecule has 2 rings (SSSR count). The molecule has 0 aromatic carbocycles. The molecule has 1 aromatic heterocycles. The molecule has 0 spiro atoms. The van der Waals surface area contributed by atoms with Gasteiger partial charge in [-0.3, -0.25) is 9.78 Å². The Bertz CT molecular complexity index is 354. The van der Waals surface area contributed by atoms with E-state index < -0.39 is 0 Å². The number of piperidine rings is 1. The van der Waals surface area contributed by atoms with Gasteiger partial charge in [-0.2, -0.15) is 0 Å². The van der Waals surface area contributed by atoms with Crippen LogP contribution < -0.4 is 5.32 Å². The van der Waals surface area contributed by atoms with E-state index >= 15 is 0 Å². The zero-order valence-electron chi connectivity index (χ0n) is 7.66. The van der Waals surface area contributed by atoms with Gasteiger partial charge in [-0.15, -0.1) is 0 Å². The van der Waals surface area contributed by atoms with Gasteiger partial charge in [-0.25, -0.2) is 0 Å². The van der Waals surface area contributed by atoms with Crippen molar-refractivity contribution in [2.75, 3.05) is 13.1 Å². The highest BCUT2D eigenvalue weighted by atomic mass is 35.5. The van der Waals surface area contributed by atoms with E-state index in [9.17, 15) is 4.79 Å². The number of hydrogen-bond donors (Lipinski definition) is 1. The van der Waals surface area contributed by atoms with Crippen molar-refractivity contribution in [2.45, 2.75) is 12.3 Å². The summed E-state index contributed by atoms with van der Waals surface area (Å²) in [4.78, 5) is 15.8. The number of aromatic nitrogens is 1. The predicted octanol–water partition coefficient (Wildman–Crippen LogP) is 1.38. The molecule has 1 unspecified atom stereocenters. The Kier molecular flexibility index (Phi) is 2.79. The molecule has 2 heterocycles. The molecule has 1 atom stereocenters. The lowest BCUT2D eigenvalue weighted by Gasteiger charge is -2.21. The Hall–Kier alpha value is -0.930. The average molecular weight is 211 g/mol. The van der Waals surface area contributed by atoms with E-state index in [1.54, 1.807) is 18.3 Å². The zero-order valence-corrected chi connectivity index (χ0v) is 8.42. The molecule has 0 amide bonds. The van der Waals surface area contributed by atoms with Crippen molar-refractivity contribution in [3.8, 4) is 0 Å². The standard InChI is InChI=1S/C10H11ClN2O/c11-8-2-1-4-13-10(8)7-6-12-5-3-9(7)14/h1-2,4,7,12H,3,5-6H2. The Morgan fingerprint density at radius 2 is 2.43 bits per heavy atom. The summed E-state index contributed by atoms with van der Waals surface area (Å²) in [7, 11) is 0. The van der Waals surface area contributed by atoms with Crippen molar-refractivity contribution < 1.29 is 4.79 Å². The van der Waals surface area contributed by atoms with Crippen LogP contribution in [0.3, 0.4) is 0 Å². The van der Waals surface area contributed by atoms with Crippen molar-refractivity contribution >= 4 is 17.4 Å². The third kappa shape index (κ3) is 1.79. The van der Waals surface area contributed by atoms with Gasteiger partial charge in [-0.1, -0.05) is 11.6 Å². The number of Topliss-reactive ketones (excluding diaryl/α,β-unsaturated/α-hetero) is 1. The first kappa shape index (κ1) is 9.62. The summed E-state index contributed by atoms with van der Waals surface area (Å²) < 4.78 is 0. The average Bonchev–Trinajstić information content (AvgIpc) is 2.20. The van der Waals surface area contributed by atoms with Crippen LogP contribution >= 0.6 is 11.6 Å². The molecule has 1 aliphatic heterocycles. The molecule has 0 saturated carbocycles. The monoisotopic (exact) mass is 210 g/mol. The van der Waals surface area contributed by atoms with Gasteiger partial charge in [0.25, 0.3) is 0 Å². The van der Waals surface area contributed by atoms with Crippen molar-refractivity contribution in [3.05, 3.63) is 29.0 Å². The van der Waals surface area contributed by atoms with E-state index in [1.165, 1.54) is 0 Å². The van der Waals surface area contributed by atoms with Crippen LogP contribution in [0.15, 0.2) is 18.3 Å². The van der Waals surface area contributed by atoms with Gasteiger partial charge in [0.1, 0.15) is 5.78 Å². The second-order valence-corrected chi connectivity index (χ2v) is 3.75. The molecule has 1 aliphatic rings. The quantitative estimate of drug-likeness (QED) is 0.762. The second-order valence-electron chi connectivity index (χ2n) is 3.34. The maximum absolute atomic E-state index is 11.6. The number of carbonyl (C=O) groups is 1. The summed E-state index contributed by atoms with van der Waals surface area (Å²) in [6, 6.07) is 3.54. The molecule has 0 aliphatic carbocycles. The van der Waals surface area contributed by atoms with Gasteiger partial charge in [0, 0.05) is 25.7 Å². The normalized spacial score (nSPS) is 22.4. The van der Waals surface area contributed by atoms with Crippen LogP contribution in [0.4, 0.5) is 0 Å². The molecule has 1 saturated heterocycles. The number of carbonyl (C=O) groups excluding carboxylic acids is 1. The van der Waals surface area contributed by atoms with Crippen LogP contribution in [0.1, 0.15) is 18.0 Å². The predicted molar refractivity (Wildman–Crippen MR) is 54.5 cm³/mol. The first-order valence-electron chi connectivity index (χ1n) is 4.63. The molecule has 0 bridgehead atoms. The Labute approximate surface area is 87.5 Å². The number of rotatable bonds is 1. The molecule has 3 nitrogen and oxygen atoms in total. The van der Waals surface area contributed by atoms with Gasteiger partial charge in [0.2, 0.25) is 0 Å². The number of ketones is 1. The number of pyridine rings is 1. The number of nitrogens with zero attached hydrogens (tertiary/aromatic N) is 1. The molecule has 1 fully saturated rings. The van der Waals surface area contributed by atoms with Gasteiger partial charge in [0.05, 0.1) is 16.6 Å². The fourth-order valence-corrected chi connectivity index (χ4v) is 1.90. The smallest absolute Gasteiger partial charge is 0.144 e. The lowest BCUT2D eigenvalue weighted by atomic mass is 9.94. The Morgan fingerprint density at radius 1 is 1.57 bits per heavy atom. The highest BCUT2D eigenvalue weighted by Gasteiger charge is 2.26. The highest BCUT2D eigenvalue weighted by molar-refractivity contribution is 6.31. The molecule has 14 heavy (non-hydrogen) atoms. The fourth-order valence-electron chi connectivity index (χ4n) is 1.65. The van der Waals surface area contributed by atoms with Gasteiger partial charge in [-0.05, 0) is 12.1 Å². The summed E-state index contributed by atoms with van der Waals surface area (Å²) in [6.07, 6.45) is 2.24. The minimum atomic E-state index is -0.169. The van der Waals surface area contributed by atoms with Crippen LogP contribution in [0.5, 0.6) is 0 Å². The Balaban J connectivity index is 2.29. The van der Waals surface area contributed by atoms with Gasteiger partial charge in [0.15, 0.2) is 0 Å². The zero-order chi connectivity index (χ0) is 9.97. The fraction of sp³-hybridized carbons (Fsp3) is 0.400. The van der Waals surface area contributed by atoms with Crippen molar-refractivity contribution in [3.63, 3.8) is 0 Å². The van der Waals surface area contributed by atoms with E-state index in [1.807, 2.05) is 0 Å². The molecule has 74 valence electrons. The van der Waals surface area contributed by atoms with Crippen LogP contribution in [0.25, 0.3) is 0 Å². The SMILES string of the molecule is O=C1CCNCC1c1ncccc1Cl. The van der Waals surface area contributed by atoms with Crippen molar-refractivity contribution in [1.82, 2.24) is 10.3 Å². The molecular formula is C10H11ClN2O. The van der Waals surface area contributed by atoms with E-state index in [2.05, 4.69) is 10.3 Å². The molecule has 0 radical (unpaired) electrons. The summed E-state index contributed by atoms with van der Waals surface area (Å²) in [5.41, 5.74) is 0.700. The molecule has 4 heteroatoms. The van der Waals surface area contributed by atoms with Crippen LogP contribution in [0.2, 0.25) is 5.02 Å². The van der Waals surface area contributed by atoms with Crippen LogP contribution in [-0.2, 0) is 4.79 Å². The minimum absolute atomic E-state index is 0.169. The second kappa shape index (κ2) is 4.07.